The Bertz CT molecular complexity index is 628. The van der Waals surface area contributed by atoms with Crippen LogP contribution in [-0.2, 0) is 9.59 Å². The van der Waals surface area contributed by atoms with E-state index in [1.807, 2.05) is 0 Å². The fourth-order valence-corrected chi connectivity index (χ4v) is 2.69. The van der Waals surface area contributed by atoms with Crippen molar-refractivity contribution >= 4 is 41.7 Å². The molecule has 1 aromatic rings. The standard InChI is InChI=1S/C14H15ClF3N3O3.ClH/c1-7(12(22)20-11-3-2-8(15)4-19-11)21-5-9(13(23)24)10(6-21)14(16,17)18;/h2-4,7,9-10H,5-6H2,1H3,(H,23,24)(H,19,20,22);1H/t7?,9-,10-;/m1./s1. The molecule has 2 rings (SSSR count). The van der Waals surface area contributed by atoms with E-state index in [0.717, 1.165) is 0 Å². The molecule has 0 spiro atoms. The van der Waals surface area contributed by atoms with Crippen molar-refractivity contribution in [1.82, 2.24) is 9.88 Å². The zero-order chi connectivity index (χ0) is 18.1. The van der Waals surface area contributed by atoms with Gasteiger partial charge in [-0.1, -0.05) is 11.6 Å². The highest BCUT2D eigenvalue weighted by atomic mass is 35.5. The summed E-state index contributed by atoms with van der Waals surface area (Å²) in [5, 5.41) is 11.8. The van der Waals surface area contributed by atoms with Gasteiger partial charge >= 0.3 is 12.1 Å². The van der Waals surface area contributed by atoms with Gasteiger partial charge in [0.2, 0.25) is 5.91 Å². The van der Waals surface area contributed by atoms with E-state index in [1.165, 1.54) is 30.2 Å². The van der Waals surface area contributed by atoms with E-state index in [-0.39, 0.29) is 24.8 Å². The zero-order valence-corrected chi connectivity index (χ0v) is 14.5. The summed E-state index contributed by atoms with van der Waals surface area (Å²) >= 11 is 5.67. The minimum absolute atomic E-state index is 0. The molecule has 1 fully saturated rings. The number of rotatable bonds is 4. The molecule has 140 valence electrons. The third kappa shape index (κ3) is 5.20. The molecular weight excluding hydrogens is 386 g/mol. The van der Waals surface area contributed by atoms with Crippen LogP contribution in [0.3, 0.4) is 0 Å². The summed E-state index contributed by atoms with van der Waals surface area (Å²) in [5.41, 5.74) is 0. The number of likely N-dealkylation sites (tertiary alicyclic amines) is 1. The normalized spacial score (nSPS) is 22.1. The van der Waals surface area contributed by atoms with Crippen molar-refractivity contribution in [1.29, 1.82) is 0 Å². The van der Waals surface area contributed by atoms with E-state index in [4.69, 9.17) is 16.7 Å². The van der Waals surface area contributed by atoms with Gasteiger partial charge in [-0.05, 0) is 19.1 Å². The van der Waals surface area contributed by atoms with Crippen molar-refractivity contribution in [2.75, 3.05) is 18.4 Å². The Morgan fingerprint density at radius 1 is 1.40 bits per heavy atom. The number of aliphatic carboxylic acids is 1. The SMILES string of the molecule is CC(C(=O)Nc1ccc(Cl)cn1)N1C[C@@H](C(F)(F)F)[C@H](C(=O)O)C1.Cl. The molecule has 1 amide bonds. The van der Waals surface area contributed by atoms with Crippen LogP contribution in [0.15, 0.2) is 18.3 Å². The number of carboxylic acid groups (broad SMARTS) is 1. The number of amides is 1. The van der Waals surface area contributed by atoms with E-state index >= 15 is 0 Å². The lowest BCUT2D eigenvalue weighted by molar-refractivity contribution is -0.188. The number of pyridine rings is 1. The van der Waals surface area contributed by atoms with E-state index < -0.39 is 42.5 Å². The number of aromatic nitrogens is 1. The summed E-state index contributed by atoms with van der Waals surface area (Å²) in [6.07, 6.45) is -3.32. The molecule has 1 saturated heterocycles. The van der Waals surface area contributed by atoms with Gasteiger partial charge in [0.1, 0.15) is 5.82 Å². The van der Waals surface area contributed by atoms with Crippen LogP contribution >= 0.6 is 24.0 Å². The first kappa shape index (κ1) is 21.5. The fourth-order valence-electron chi connectivity index (χ4n) is 2.58. The maximum atomic E-state index is 13.0. The number of halogens is 5. The highest BCUT2D eigenvalue weighted by Crippen LogP contribution is 2.38. The lowest BCUT2D eigenvalue weighted by Gasteiger charge is -2.23. The van der Waals surface area contributed by atoms with Crippen molar-refractivity contribution in [2.45, 2.75) is 19.1 Å². The van der Waals surface area contributed by atoms with Crippen molar-refractivity contribution in [2.24, 2.45) is 11.8 Å². The fraction of sp³-hybridized carbons (Fsp3) is 0.500. The molecule has 1 aromatic heterocycles. The van der Waals surface area contributed by atoms with Crippen LogP contribution in [0, 0.1) is 11.8 Å². The van der Waals surface area contributed by atoms with E-state index in [2.05, 4.69) is 10.3 Å². The first-order valence-corrected chi connectivity index (χ1v) is 7.43. The molecule has 3 atom stereocenters. The largest absolute Gasteiger partial charge is 0.481 e. The molecule has 25 heavy (non-hydrogen) atoms. The van der Waals surface area contributed by atoms with Crippen molar-refractivity contribution in [3.05, 3.63) is 23.4 Å². The number of hydrogen-bond donors (Lipinski definition) is 2. The molecular formula is C14H16Cl2F3N3O3. The van der Waals surface area contributed by atoms with Gasteiger partial charge in [-0.3, -0.25) is 14.5 Å². The Kier molecular flexibility index (Phi) is 7.04. The molecule has 1 unspecified atom stereocenters. The van der Waals surface area contributed by atoms with Crippen LogP contribution in [0.25, 0.3) is 0 Å². The van der Waals surface area contributed by atoms with Gasteiger partial charge in [0.05, 0.1) is 22.9 Å². The van der Waals surface area contributed by atoms with E-state index in [1.54, 1.807) is 0 Å². The maximum Gasteiger partial charge on any atom is 0.393 e. The van der Waals surface area contributed by atoms with Crippen LogP contribution in [0.5, 0.6) is 0 Å². The van der Waals surface area contributed by atoms with Crippen LogP contribution in [-0.4, -0.2) is 52.2 Å². The molecule has 0 bridgehead atoms. The highest BCUT2D eigenvalue weighted by molar-refractivity contribution is 6.30. The van der Waals surface area contributed by atoms with Crippen LogP contribution in [0.4, 0.5) is 19.0 Å². The van der Waals surface area contributed by atoms with Gasteiger partial charge in [-0.15, -0.1) is 12.4 Å². The van der Waals surface area contributed by atoms with Gasteiger partial charge in [-0.2, -0.15) is 13.2 Å². The summed E-state index contributed by atoms with van der Waals surface area (Å²) in [5.74, 6) is -5.48. The second kappa shape index (κ2) is 8.20. The monoisotopic (exact) mass is 401 g/mol. The average Bonchev–Trinajstić information content (AvgIpc) is 2.94. The second-order valence-corrected chi connectivity index (χ2v) is 6.01. The molecule has 0 aromatic carbocycles. The van der Waals surface area contributed by atoms with Gasteiger partial charge < -0.3 is 10.4 Å². The Morgan fingerprint density at radius 2 is 2.04 bits per heavy atom. The first-order chi connectivity index (χ1) is 11.1. The smallest absolute Gasteiger partial charge is 0.393 e. The second-order valence-electron chi connectivity index (χ2n) is 5.57. The topological polar surface area (TPSA) is 82.5 Å². The van der Waals surface area contributed by atoms with E-state index in [0.29, 0.717) is 5.02 Å². The third-order valence-electron chi connectivity index (χ3n) is 3.99. The number of hydrogen-bond acceptors (Lipinski definition) is 4. The van der Waals surface area contributed by atoms with Gasteiger partial charge in [0.25, 0.3) is 0 Å². The molecule has 2 N–H and O–H groups in total. The quantitative estimate of drug-likeness (QED) is 0.810. The molecule has 6 nitrogen and oxygen atoms in total. The molecule has 2 heterocycles. The summed E-state index contributed by atoms with van der Waals surface area (Å²) in [6, 6.07) is 2.03. The number of nitrogens with zero attached hydrogens (tertiary/aromatic N) is 2. The minimum Gasteiger partial charge on any atom is -0.481 e. The summed E-state index contributed by atoms with van der Waals surface area (Å²) in [4.78, 5) is 28.3. The molecule has 1 aliphatic heterocycles. The van der Waals surface area contributed by atoms with Crippen LogP contribution < -0.4 is 5.32 Å². The van der Waals surface area contributed by atoms with Gasteiger partial charge in [0, 0.05) is 19.3 Å². The van der Waals surface area contributed by atoms with Crippen molar-refractivity contribution in [3.63, 3.8) is 0 Å². The van der Waals surface area contributed by atoms with Crippen LogP contribution in [0.2, 0.25) is 5.02 Å². The number of carbonyl (C=O) groups is 2. The van der Waals surface area contributed by atoms with Gasteiger partial charge in [0.15, 0.2) is 0 Å². The van der Waals surface area contributed by atoms with E-state index in [9.17, 15) is 22.8 Å². The molecule has 0 saturated carbocycles. The Hall–Kier alpha value is -1.58. The average molecular weight is 402 g/mol. The third-order valence-corrected chi connectivity index (χ3v) is 4.22. The predicted octanol–water partition coefficient (Wildman–Crippen LogP) is 2.68. The summed E-state index contributed by atoms with van der Waals surface area (Å²) in [7, 11) is 0. The summed E-state index contributed by atoms with van der Waals surface area (Å²) in [6.45, 7) is 0.536. The number of anilines is 1. The predicted molar refractivity (Wildman–Crippen MR) is 86.8 cm³/mol. The van der Waals surface area contributed by atoms with Gasteiger partial charge in [-0.25, -0.2) is 4.98 Å². The lowest BCUT2D eigenvalue weighted by atomic mass is 9.96. The van der Waals surface area contributed by atoms with Crippen molar-refractivity contribution < 1.29 is 27.9 Å². The Morgan fingerprint density at radius 3 is 2.48 bits per heavy atom. The number of carbonyl (C=O) groups excluding carboxylic acids is 1. The number of nitrogens with one attached hydrogen (secondary N) is 1. The zero-order valence-electron chi connectivity index (χ0n) is 13.0. The number of alkyl halides is 3. The molecule has 0 aliphatic carbocycles. The Balaban J connectivity index is 0.00000312. The first-order valence-electron chi connectivity index (χ1n) is 7.05. The number of carboxylic acids is 1. The minimum atomic E-state index is -4.63. The van der Waals surface area contributed by atoms with Crippen LogP contribution in [0.1, 0.15) is 6.92 Å². The Labute approximate surface area is 152 Å². The molecule has 0 radical (unpaired) electrons. The van der Waals surface area contributed by atoms with Crippen molar-refractivity contribution in [3.8, 4) is 0 Å². The molecule has 11 heteroatoms. The summed E-state index contributed by atoms with van der Waals surface area (Å²) < 4.78 is 38.9. The highest BCUT2D eigenvalue weighted by Gasteiger charge is 2.53. The lowest BCUT2D eigenvalue weighted by Crippen LogP contribution is -2.41. The molecule has 1 aliphatic rings. The maximum absolute atomic E-state index is 13.0.